The highest BCUT2D eigenvalue weighted by molar-refractivity contribution is 6.07. The molecular weight excluding hydrogens is 271 g/mol. The van der Waals surface area contributed by atoms with Gasteiger partial charge in [0, 0.05) is 24.1 Å². The van der Waals surface area contributed by atoms with Gasteiger partial charge in [0.2, 0.25) is 0 Å². The topological polar surface area (TPSA) is 62.8 Å². The summed E-state index contributed by atoms with van der Waals surface area (Å²) in [6, 6.07) is 4.64. The third-order valence-electron chi connectivity index (χ3n) is 3.86. The maximum atomic E-state index is 13.4. The van der Waals surface area contributed by atoms with E-state index >= 15 is 0 Å². The second kappa shape index (κ2) is 4.96. The van der Waals surface area contributed by atoms with Crippen molar-refractivity contribution in [3.8, 4) is 0 Å². The molecule has 0 unspecified atom stereocenters. The first-order valence-electron chi connectivity index (χ1n) is 7.09. The van der Waals surface area contributed by atoms with Crippen LogP contribution in [0.25, 0.3) is 21.9 Å². The third kappa shape index (κ3) is 2.21. The molecule has 5 nitrogen and oxygen atoms in total. The number of nitrogens with one attached hydrogen (secondary N) is 2. The van der Waals surface area contributed by atoms with Gasteiger partial charge in [-0.05, 0) is 31.0 Å². The van der Waals surface area contributed by atoms with Crippen LogP contribution in [-0.4, -0.2) is 34.2 Å². The number of ether oxygens (including phenoxy) is 1. The minimum atomic E-state index is -0.268. The predicted octanol–water partition coefficient (Wildman–Crippen LogP) is 2.84. The van der Waals surface area contributed by atoms with Crippen LogP contribution in [0.5, 0.6) is 0 Å². The number of rotatable bonds is 3. The first kappa shape index (κ1) is 12.5. The van der Waals surface area contributed by atoms with Gasteiger partial charge in [0.1, 0.15) is 23.2 Å². The van der Waals surface area contributed by atoms with Crippen LogP contribution in [0.15, 0.2) is 24.5 Å². The van der Waals surface area contributed by atoms with Crippen LogP contribution in [0.1, 0.15) is 12.8 Å². The van der Waals surface area contributed by atoms with E-state index in [-0.39, 0.29) is 11.9 Å². The highest BCUT2D eigenvalue weighted by Crippen LogP contribution is 2.27. The summed E-state index contributed by atoms with van der Waals surface area (Å²) >= 11 is 0. The van der Waals surface area contributed by atoms with Crippen molar-refractivity contribution in [1.29, 1.82) is 0 Å². The van der Waals surface area contributed by atoms with Crippen LogP contribution < -0.4 is 5.32 Å². The van der Waals surface area contributed by atoms with E-state index in [1.54, 1.807) is 6.07 Å². The van der Waals surface area contributed by atoms with E-state index < -0.39 is 0 Å². The molecule has 0 saturated carbocycles. The number of hydrogen-bond donors (Lipinski definition) is 2. The summed E-state index contributed by atoms with van der Waals surface area (Å²) in [5, 5.41) is 4.07. The molecule has 1 aromatic carbocycles. The Morgan fingerprint density at radius 2 is 2.33 bits per heavy atom. The van der Waals surface area contributed by atoms with Gasteiger partial charge in [-0.25, -0.2) is 14.4 Å². The molecule has 0 bridgehead atoms. The Morgan fingerprint density at radius 1 is 1.38 bits per heavy atom. The van der Waals surface area contributed by atoms with E-state index in [1.807, 2.05) is 0 Å². The van der Waals surface area contributed by atoms with Crippen LogP contribution >= 0.6 is 0 Å². The fourth-order valence-electron chi connectivity index (χ4n) is 2.81. The Kier molecular flexibility index (Phi) is 2.96. The molecule has 3 aromatic rings. The van der Waals surface area contributed by atoms with Crippen molar-refractivity contribution in [3.05, 3.63) is 30.3 Å². The molecule has 0 spiro atoms. The minimum absolute atomic E-state index is 0.233. The lowest BCUT2D eigenvalue weighted by molar-refractivity contribution is 0.120. The van der Waals surface area contributed by atoms with Crippen molar-refractivity contribution in [2.75, 3.05) is 18.5 Å². The number of hydrogen-bond acceptors (Lipinski definition) is 4. The smallest absolute Gasteiger partial charge is 0.153 e. The molecule has 6 heteroatoms. The van der Waals surface area contributed by atoms with Gasteiger partial charge in [0.05, 0.1) is 6.10 Å². The summed E-state index contributed by atoms with van der Waals surface area (Å²) in [5.74, 6) is 0.461. The van der Waals surface area contributed by atoms with Crippen LogP contribution in [0, 0.1) is 5.82 Å². The number of H-pyrrole nitrogens is 1. The Labute approximate surface area is 120 Å². The number of halogens is 1. The summed E-state index contributed by atoms with van der Waals surface area (Å²) < 4.78 is 19.0. The van der Waals surface area contributed by atoms with Crippen molar-refractivity contribution in [3.63, 3.8) is 0 Å². The normalized spacial score (nSPS) is 18.6. The Bertz CT molecular complexity index is 795. The average molecular weight is 286 g/mol. The Hall–Kier alpha value is -2.21. The Balaban J connectivity index is 1.73. The lowest BCUT2D eigenvalue weighted by atomic mass is 10.2. The van der Waals surface area contributed by atoms with Gasteiger partial charge >= 0.3 is 0 Å². The summed E-state index contributed by atoms with van der Waals surface area (Å²) in [6.07, 6.45) is 3.91. The number of aromatic nitrogens is 3. The third-order valence-corrected chi connectivity index (χ3v) is 3.86. The fraction of sp³-hybridized carbons (Fsp3) is 0.333. The summed E-state index contributed by atoms with van der Waals surface area (Å²) in [7, 11) is 0. The number of benzene rings is 1. The highest BCUT2D eigenvalue weighted by atomic mass is 19.1. The van der Waals surface area contributed by atoms with Crippen LogP contribution in [0.4, 0.5) is 10.2 Å². The number of anilines is 1. The number of aromatic amines is 1. The quantitative estimate of drug-likeness (QED) is 0.777. The molecule has 108 valence electrons. The molecule has 1 aliphatic heterocycles. The van der Waals surface area contributed by atoms with Gasteiger partial charge in [0.25, 0.3) is 0 Å². The van der Waals surface area contributed by atoms with Crippen LogP contribution in [0.3, 0.4) is 0 Å². The van der Waals surface area contributed by atoms with Gasteiger partial charge in [0.15, 0.2) is 5.82 Å². The molecule has 1 saturated heterocycles. The maximum absolute atomic E-state index is 13.4. The average Bonchev–Trinajstić information content (AvgIpc) is 3.12. The van der Waals surface area contributed by atoms with Crippen molar-refractivity contribution in [2.24, 2.45) is 0 Å². The highest BCUT2D eigenvalue weighted by Gasteiger charge is 2.17. The molecular formula is C15H15FN4O. The SMILES string of the molecule is Fc1ccc2[nH]c3c(NC[C@H]4CCCO4)ncnc3c2c1. The minimum Gasteiger partial charge on any atom is -0.376 e. The van der Waals surface area contributed by atoms with Gasteiger partial charge < -0.3 is 15.0 Å². The summed E-state index contributed by atoms with van der Waals surface area (Å²) in [4.78, 5) is 11.8. The standard InChI is InChI=1S/C15H15FN4O/c16-9-3-4-12-11(6-9)13-14(20-12)15(19-8-18-13)17-7-10-2-1-5-21-10/h3-4,6,8,10,20H,1-2,5,7H2,(H,17,18,19)/t10-/m1/s1. The molecule has 4 rings (SSSR count). The number of nitrogens with zero attached hydrogens (tertiary/aromatic N) is 2. The van der Waals surface area contributed by atoms with E-state index in [1.165, 1.54) is 18.5 Å². The molecule has 0 amide bonds. The summed E-state index contributed by atoms with van der Waals surface area (Å²) in [6.45, 7) is 1.55. The van der Waals surface area contributed by atoms with E-state index in [0.717, 1.165) is 53.7 Å². The molecule has 1 atom stereocenters. The van der Waals surface area contributed by atoms with Crippen LogP contribution in [-0.2, 0) is 4.74 Å². The Morgan fingerprint density at radius 3 is 3.19 bits per heavy atom. The fourth-order valence-corrected chi connectivity index (χ4v) is 2.81. The van der Waals surface area contributed by atoms with Gasteiger partial charge in [-0.1, -0.05) is 0 Å². The van der Waals surface area contributed by atoms with Gasteiger partial charge in [-0.15, -0.1) is 0 Å². The van der Waals surface area contributed by atoms with Crippen molar-refractivity contribution < 1.29 is 9.13 Å². The first-order chi connectivity index (χ1) is 10.3. The molecule has 21 heavy (non-hydrogen) atoms. The molecule has 3 heterocycles. The van der Waals surface area contributed by atoms with E-state index in [0.29, 0.717) is 0 Å². The van der Waals surface area contributed by atoms with Crippen molar-refractivity contribution in [1.82, 2.24) is 15.0 Å². The lowest BCUT2D eigenvalue weighted by Gasteiger charge is -2.11. The lowest BCUT2D eigenvalue weighted by Crippen LogP contribution is -2.19. The zero-order valence-corrected chi connectivity index (χ0v) is 11.4. The molecule has 2 N–H and O–H groups in total. The molecule has 1 aliphatic rings. The molecule has 0 radical (unpaired) electrons. The van der Waals surface area contributed by atoms with Crippen molar-refractivity contribution >= 4 is 27.8 Å². The van der Waals surface area contributed by atoms with Crippen molar-refractivity contribution in [2.45, 2.75) is 18.9 Å². The monoisotopic (exact) mass is 286 g/mol. The van der Waals surface area contributed by atoms with E-state index in [4.69, 9.17) is 4.74 Å². The van der Waals surface area contributed by atoms with E-state index in [2.05, 4.69) is 20.3 Å². The molecule has 0 aliphatic carbocycles. The number of fused-ring (bicyclic) bond motifs is 3. The molecule has 2 aromatic heterocycles. The second-order valence-corrected chi connectivity index (χ2v) is 5.28. The van der Waals surface area contributed by atoms with Gasteiger partial charge in [-0.3, -0.25) is 0 Å². The predicted molar refractivity (Wildman–Crippen MR) is 78.8 cm³/mol. The van der Waals surface area contributed by atoms with Gasteiger partial charge in [-0.2, -0.15) is 0 Å². The largest absolute Gasteiger partial charge is 0.376 e. The second-order valence-electron chi connectivity index (χ2n) is 5.28. The maximum Gasteiger partial charge on any atom is 0.153 e. The zero-order chi connectivity index (χ0) is 14.2. The van der Waals surface area contributed by atoms with Crippen LogP contribution in [0.2, 0.25) is 0 Å². The zero-order valence-electron chi connectivity index (χ0n) is 11.4. The summed E-state index contributed by atoms with van der Waals surface area (Å²) in [5.41, 5.74) is 2.39. The first-order valence-corrected chi connectivity index (χ1v) is 7.09. The van der Waals surface area contributed by atoms with E-state index in [9.17, 15) is 4.39 Å². The molecule has 1 fully saturated rings.